The molecule has 0 aromatic heterocycles. The van der Waals surface area contributed by atoms with Crippen molar-refractivity contribution in [2.24, 2.45) is 0 Å². The summed E-state index contributed by atoms with van der Waals surface area (Å²) >= 11 is 0. The maximum atomic E-state index is 12.0. The Balaban J connectivity index is 2.64. The topological polar surface area (TPSA) is 85.9 Å². The van der Waals surface area contributed by atoms with Gasteiger partial charge in [-0.25, -0.2) is 4.79 Å². The summed E-state index contributed by atoms with van der Waals surface area (Å²) in [6.45, 7) is 3.20. The van der Waals surface area contributed by atoms with E-state index in [0.717, 1.165) is 6.54 Å². The van der Waals surface area contributed by atoms with Crippen LogP contribution in [0.3, 0.4) is 0 Å². The molecule has 7 nitrogen and oxygen atoms in total. The number of ether oxygens (including phenoxy) is 3. The maximum absolute atomic E-state index is 12.0. The van der Waals surface area contributed by atoms with Gasteiger partial charge in [0.2, 0.25) is 0 Å². The van der Waals surface area contributed by atoms with Crippen LogP contribution in [0, 0.1) is 0 Å². The van der Waals surface area contributed by atoms with Gasteiger partial charge in [0.15, 0.2) is 5.54 Å². The van der Waals surface area contributed by atoms with Crippen LogP contribution in [0.1, 0.15) is 6.92 Å². The number of carbonyl (C=O) groups is 2. The zero-order valence-electron chi connectivity index (χ0n) is 10.9. The first kappa shape index (κ1) is 14.9. The van der Waals surface area contributed by atoms with E-state index in [1.54, 1.807) is 6.92 Å². The molecule has 104 valence electrons. The smallest absolute Gasteiger partial charge is 0.333 e. The zero-order valence-corrected chi connectivity index (χ0v) is 10.9. The summed E-state index contributed by atoms with van der Waals surface area (Å²) in [7, 11) is 2.72. The predicted octanol–water partition coefficient (Wildman–Crippen LogP) is -1.33. The lowest BCUT2D eigenvalue weighted by Crippen LogP contribution is -2.60. The second kappa shape index (κ2) is 6.67. The van der Waals surface area contributed by atoms with Crippen LogP contribution in [0.4, 0.5) is 0 Å². The largest absolute Gasteiger partial charge is 0.467 e. The van der Waals surface area contributed by atoms with Gasteiger partial charge < -0.3 is 24.8 Å². The molecule has 0 bridgehead atoms. The molecule has 2 atom stereocenters. The van der Waals surface area contributed by atoms with Crippen molar-refractivity contribution in [2.45, 2.75) is 18.6 Å². The van der Waals surface area contributed by atoms with E-state index in [1.807, 2.05) is 0 Å². The van der Waals surface area contributed by atoms with Crippen molar-refractivity contribution in [1.82, 2.24) is 10.6 Å². The van der Waals surface area contributed by atoms with E-state index < -0.39 is 17.6 Å². The van der Waals surface area contributed by atoms with Crippen molar-refractivity contribution in [3.05, 3.63) is 0 Å². The molecule has 2 unspecified atom stereocenters. The Morgan fingerprint density at radius 3 is 2.72 bits per heavy atom. The lowest BCUT2D eigenvalue weighted by molar-refractivity contribution is -0.155. The van der Waals surface area contributed by atoms with Crippen LogP contribution < -0.4 is 10.6 Å². The van der Waals surface area contributed by atoms with Gasteiger partial charge in [0.05, 0.1) is 20.3 Å². The Bertz CT molecular complexity index is 304. The number of nitrogens with one attached hydrogen (secondary N) is 2. The molecular formula is C11H20N2O5. The van der Waals surface area contributed by atoms with Gasteiger partial charge in [-0.3, -0.25) is 4.79 Å². The summed E-state index contributed by atoms with van der Waals surface area (Å²) in [6.07, 6.45) is -0.598. The predicted molar refractivity (Wildman–Crippen MR) is 63.0 cm³/mol. The molecule has 1 fully saturated rings. The highest BCUT2D eigenvalue weighted by Gasteiger charge is 2.38. The van der Waals surface area contributed by atoms with E-state index in [1.165, 1.54) is 14.2 Å². The zero-order chi connectivity index (χ0) is 13.6. The summed E-state index contributed by atoms with van der Waals surface area (Å²) in [5, 5.41) is 5.65. The monoisotopic (exact) mass is 260 g/mol. The summed E-state index contributed by atoms with van der Waals surface area (Å²) in [6, 6.07) is 0. The third-order valence-electron chi connectivity index (χ3n) is 2.69. The molecular weight excluding hydrogens is 240 g/mol. The summed E-state index contributed by atoms with van der Waals surface area (Å²) in [4.78, 5) is 23.6. The van der Waals surface area contributed by atoms with Crippen LogP contribution in [0.2, 0.25) is 0 Å². The third-order valence-corrected chi connectivity index (χ3v) is 2.69. The molecule has 1 aliphatic heterocycles. The van der Waals surface area contributed by atoms with Crippen molar-refractivity contribution in [2.75, 3.05) is 40.5 Å². The number of hydrogen-bond acceptors (Lipinski definition) is 6. The number of methoxy groups -OCH3 is 2. The second-order valence-electron chi connectivity index (χ2n) is 4.31. The van der Waals surface area contributed by atoms with Crippen LogP contribution in [-0.4, -0.2) is 64.0 Å². The van der Waals surface area contributed by atoms with Crippen molar-refractivity contribution in [1.29, 1.82) is 0 Å². The highest BCUT2D eigenvalue weighted by Crippen LogP contribution is 2.08. The Morgan fingerprint density at radius 2 is 2.22 bits per heavy atom. The molecule has 1 heterocycles. The van der Waals surface area contributed by atoms with Gasteiger partial charge in [0.1, 0.15) is 6.10 Å². The molecule has 0 aromatic rings. The number of carbonyl (C=O) groups excluding carboxylic acids is 2. The number of rotatable bonds is 5. The van der Waals surface area contributed by atoms with Gasteiger partial charge in [0, 0.05) is 20.2 Å². The average Bonchev–Trinajstić information content (AvgIpc) is 2.39. The molecule has 1 amide bonds. The van der Waals surface area contributed by atoms with Crippen molar-refractivity contribution < 1.29 is 23.8 Å². The minimum absolute atomic E-state index is 0.0333. The van der Waals surface area contributed by atoms with E-state index in [-0.39, 0.29) is 12.5 Å². The highest BCUT2D eigenvalue weighted by atomic mass is 16.5. The molecule has 0 aromatic carbocycles. The first-order valence-electron chi connectivity index (χ1n) is 5.75. The van der Waals surface area contributed by atoms with Crippen molar-refractivity contribution >= 4 is 11.9 Å². The normalized spacial score (nSPS) is 22.9. The summed E-state index contributed by atoms with van der Waals surface area (Å²) < 4.78 is 14.9. The van der Waals surface area contributed by atoms with Crippen LogP contribution in [0.25, 0.3) is 0 Å². The Morgan fingerprint density at radius 1 is 1.50 bits per heavy atom. The number of amides is 1. The van der Waals surface area contributed by atoms with Crippen LogP contribution in [-0.2, 0) is 23.8 Å². The molecule has 0 radical (unpaired) electrons. The van der Waals surface area contributed by atoms with Gasteiger partial charge in [-0.1, -0.05) is 0 Å². The van der Waals surface area contributed by atoms with E-state index in [2.05, 4.69) is 15.4 Å². The first-order valence-corrected chi connectivity index (χ1v) is 5.75. The quantitative estimate of drug-likeness (QED) is 0.596. The molecule has 0 saturated carbocycles. The first-order chi connectivity index (χ1) is 8.53. The fraction of sp³-hybridized carbons (Fsp3) is 0.818. The third kappa shape index (κ3) is 3.66. The van der Waals surface area contributed by atoms with Gasteiger partial charge in [-0.05, 0) is 6.92 Å². The molecule has 1 aliphatic rings. The minimum Gasteiger partial charge on any atom is -0.467 e. The maximum Gasteiger partial charge on any atom is 0.333 e. The lowest BCUT2D eigenvalue weighted by atomic mass is 10.0. The highest BCUT2D eigenvalue weighted by molar-refractivity contribution is 5.90. The van der Waals surface area contributed by atoms with E-state index in [9.17, 15) is 9.59 Å². The SMILES string of the molecule is COCC(C)(NC(=O)C1CNCCO1)C(=O)OC. The van der Waals surface area contributed by atoms with E-state index in [4.69, 9.17) is 9.47 Å². The molecule has 0 spiro atoms. The fourth-order valence-electron chi connectivity index (χ4n) is 1.75. The minimum atomic E-state index is -1.21. The Labute approximate surface area is 106 Å². The molecule has 18 heavy (non-hydrogen) atoms. The Kier molecular flexibility index (Phi) is 5.52. The number of morpholine rings is 1. The van der Waals surface area contributed by atoms with Gasteiger partial charge in [-0.2, -0.15) is 0 Å². The average molecular weight is 260 g/mol. The molecule has 1 rings (SSSR count). The summed E-state index contributed by atoms with van der Waals surface area (Å²) in [5.41, 5.74) is -1.21. The van der Waals surface area contributed by atoms with Crippen molar-refractivity contribution in [3.8, 4) is 0 Å². The van der Waals surface area contributed by atoms with Gasteiger partial charge in [0.25, 0.3) is 5.91 Å². The standard InChI is InChI=1S/C11H20N2O5/c1-11(7-16-2,10(15)17-3)13-9(14)8-6-12-4-5-18-8/h8,12H,4-7H2,1-3H3,(H,13,14). The molecule has 0 aliphatic carbocycles. The molecule has 1 saturated heterocycles. The fourth-order valence-corrected chi connectivity index (χ4v) is 1.75. The van der Waals surface area contributed by atoms with E-state index >= 15 is 0 Å². The van der Waals surface area contributed by atoms with E-state index in [0.29, 0.717) is 13.2 Å². The van der Waals surface area contributed by atoms with Crippen molar-refractivity contribution in [3.63, 3.8) is 0 Å². The molecule has 2 N–H and O–H groups in total. The summed E-state index contributed by atoms with van der Waals surface area (Å²) in [5.74, 6) is -0.909. The van der Waals surface area contributed by atoms with Crippen LogP contribution in [0.5, 0.6) is 0 Å². The van der Waals surface area contributed by atoms with Gasteiger partial charge >= 0.3 is 5.97 Å². The van der Waals surface area contributed by atoms with Crippen LogP contribution in [0.15, 0.2) is 0 Å². The second-order valence-corrected chi connectivity index (χ2v) is 4.31. The number of hydrogen-bond donors (Lipinski definition) is 2. The molecule has 7 heteroatoms. The number of esters is 1. The lowest BCUT2D eigenvalue weighted by Gasteiger charge is -2.30. The Hall–Kier alpha value is -1.18. The van der Waals surface area contributed by atoms with Gasteiger partial charge in [-0.15, -0.1) is 0 Å². The van der Waals surface area contributed by atoms with Crippen LogP contribution >= 0.6 is 0 Å².